The van der Waals surface area contributed by atoms with Gasteiger partial charge in [-0.05, 0) is 23.8 Å². The second-order valence-corrected chi connectivity index (χ2v) is 6.61. The van der Waals surface area contributed by atoms with E-state index < -0.39 is 28.6 Å². The van der Waals surface area contributed by atoms with Crippen molar-refractivity contribution in [2.75, 3.05) is 14.2 Å². The van der Waals surface area contributed by atoms with E-state index in [0.717, 1.165) is 4.57 Å². The molecule has 0 radical (unpaired) electrons. The van der Waals surface area contributed by atoms with Crippen molar-refractivity contribution in [1.29, 1.82) is 5.26 Å². The number of halogens is 4. The van der Waals surface area contributed by atoms with Crippen molar-refractivity contribution in [3.05, 3.63) is 68.7 Å². The molecule has 3 aromatic rings. The molecule has 0 unspecified atom stereocenters. The highest BCUT2D eigenvalue weighted by Crippen LogP contribution is 2.42. The number of benzene rings is 2. The summed E-state index contributed by atoms with van der Waals surface area (Å²) >= 11 is 6.19. The van der Waals surface area contributed by atoms with E-state index in [1.807, 2.05) is 0 Å². The first-order valence-electron chi connectivity index (χ1n) is 8.44. The van der Waals surface area contributed by atoms with Crippen molar-refractivity contribution in [2.24, 2.45) is 7.05 Å². The Morgan fingerprint density at radius 1 is 1.00 bits per heavy atom. The quantitative estimate of drug-likeness (QED) is 0.598. The molecule has 0 bridgehead atoms. The molecule has 0 N–H and O–H groups in total. The van der Waals surface area contributed by atoms with E-state index in [0.29, 0.717) is 17.7 Å². The van der Waals surface area contributed by atoms with Crippen LogP contribution in [0.4, 0.5) is 13.2 Å². The second-order valence-electron chi connectivity index (χ2n) is 6.24. The van der Waals surface area contributed by atoms with E-state index in [9.17, 15) is 23.2 Å². The molecule has 0 aliphatic heterocycles. The van der Waals surface area contributed by atoms with Gasteiger partial charge in [-0.15, -0.1) is 0 Å². The van der Waals surface area contributed by atoms with Gasteiger partial charge in [0, 0.05) is 24.7 Å². The van der Waals surface area contributed by atoms with Crippen molar-refractivity contribution >= 4 is 11.6 Å². The molecule has 1 aromatic heterocycles. The highest BCUT2D eigenvalue weighted by molar-refractivity contribution is 6.33. The predicted molar refractivity (Wildman–Crippen MR) is 105 cm³/mol. The van der Waals surface area contributed by atoms with Crippen LogP contribution in [0, 0.1) is 28.8 Å². The third kappa shape index (κ3) is 3.48. The summed E-state index contributed by atoms with van der Waals surface area (Å²) in [6, 6.07) is 6.91. The number of nitrogens with zero attached hydrogens (tertiary/aromatic N) is 2. The molecule has 30 heavy (non-hydrogen) atoms. The standard InChI is InChI=1S/C21H14ClF3N2O3/c1-27-20(18-14(24)7-12(23)8-15(18)25)13(4-11(9-26)21(27)28)10-5-16(29-2)19(22)17(6-10)30-3/h4-8H,1-3H3. The van der Waals surface area contributed by atoms with Gasteiger partial charge in [0.15, 0.2) is 0 Å². The van der Waals surface area contributed by atoms with Crippen LogP contribution in [0.5, 0.6) is 11.5 Å². The van der Waals surface area contributed by atoms with Gasteiger partial charge in [0.1, 0.15) is 45.6 Å². The Bertz CT molecular complexity index is 1220. The third-order valence-corrected chi connectivity index (χ3v) is 4.91. The first-order valence-corrected chi connectivity index (χ1v) is 8.82. The SMILES string of the molecule is COc1cc(-c2cc(C#N)c(=O)n(C)c2-c2c(F)cc(F)cc2F)cc(OC)c1Cl. The number of aromatic nitrogens is 1. The fourth-order valence-electron chi connectivity index (χ4n) is 3.13. The molecule has 2 aromatic carbocycles. The maximum absolute atomic E-state index is 14.6. The molecule has 0 saturated carbocycles. The number of ether oxygens (including phenoxy) is 2. The summed E-state index contributed by atoms with van der Waals surface area (Å²) in [5.74, 6) is -3.12. The Hall–Kier alpha value is -3.44. The van der Waals surface area contributed by atoms with Crippen molar-refractivity contribution in [3.8, 4) is 40.0 Å². The Morgan fingerprint density at radius 2 is 1.53 bits per heavy atom. The summed E-state index contributed by atoms with van der Waals surface area (Å²) in [5, 5.41) is 9.50. The molecule has 154 valence electrons. The summed E-state index contributed by atoms with van der Waals surface area (Å²) in [4.78, 5) is 12.5. The summed E-state index contributed by atoms with van der Waals surface area (Å²) < 4.78 is 54.1. The molecule has 0 aliphatic carbocycles. The largest absolute Gasteiger partial charge is 0.495 e. The van der Waals surface area contributed by atoms with Gasteiger partial charge in [-0.1, -0.05) is 11.6 Å². The van der Waals surface area contributed by atoms with Crippen LogP contribution in [0.15, 0.2) is 35.1 Å². The lowest BCUT2D eigenvalue weighted by Gasteiger charge is -2.18. The molecule has 0 fully saturated rings. The fourth-order valence-corrected chi connectivity index (χ4v) is 3.40. The molecular formula is C21H14ClF3N2O3. The summed E-state index contributed by atoms with van der Waals surface area (Å²) in [6.45, 7) is 0. The van der Waals surface area contributed by atoms with E-state index in [1.165, 1.54) is 39.5 Å². The van der Waals surface area contributed by atoms with Gasteiger partial charge in [0.05, 0.1) is 25.5 Å². The Labute approximate surface area is 174 Å². The van der Waals surface area contributed by atoms with E-state index in [1.54, 1.807) is 6.07 Å². The molecule has 5 nitrogen and oxygen atoms in total. The van der Waals surface area contributed by atoms with Gasteiger partial charge >= 0.3 is 0 Å². The monoisotopic (exact) mass is 434 g/mol. The van der Waals surface area contributed by atoms with Crippen molar-refractivity contribution in [2.45, 2.75) is 0 Å². The maximum Gasteiger partial charge on any atom is 0.268 e. The lowest BCUT2D eigenvalue weighted by molar-refractivity contribution is 0.395. The number of pyridine rings is 1. The van der Waals surface area contributed by atoms with Crippen LogP contribution in [0.3, 0.4) is 0 Å². The van der Waals surface area contributed by atoms with Crippen LogP contribution in [-0.2, 0) is 7.05 Å². The number of nitriles is 1. The van der Waals surface area contributed by atoms with Crippen molar-refractivity contribution < 1.29 is 22.6 Å². The van der Waals surface area contributed by atoms with Crippen molar-refractivity contribution in [1.82, 2.24) is 4.57 Å². The van der Waals surface area contributed by atoms with Crippen LogP contribution in [-0.4, -0.2) is 18.8 Å². The first kappa shape index (κ1) is 21.3. The smallest absolute Gasteiger partial charge is 0.268 e. The molecule has 3 rings (SSSR count). The lowest BCUT2D eigenvalue weighted by Crippen LogP contribution is -2.22. The first-order chi connectivity index (χ1) is 14.2. The average molecular weight is 435 g/mol. The number of rotatable bonds is 4. The molecule has 0 aliphatic rings. The maximum atomic E-state index is 14.6. The third-order valence-electron chi connectivity index (χ3n) is 4.54. The summed E-state index contributed by atoms with van der Waals surface area (Å²) in [7, 11) is 3.99. The summed E-state index contributed by atoms with van der Waals surface area (Å²) in [5.41, 5.74) is -1.42. The average Bonchev–Trinajstić information content (AvgIpc) is 2.70. The zero-order chi connectivity index (χ0) is 22.2. The number of methoxy groups -OCH3 is 2. The van der Waals surface area contributed by atoms with Gasteiger partial charge in [0.25, 0.3) is 5.56 Å². The van der Waals surface area contributed by atoms with Crippen LogP contribution in [0.1, 0.15) is 5.56 Å². The number of hydrogen-bond donors (Lipinski definition) is 0. The van der Waals surface area contributed by atoms with Gasteiger partial charge in [0.2, 0.25) is 0 Å². The van der Waals surface area contributed by atoms with E-state index >= 15 is 0 Å². The molecular weight excluding hydrogens is 421 g/mol. The van der Waals surface area contributed by atoms with E-state index in [2.05, 4.69) is 0 Å². The molecule has 0 spiro atoms. The van der Waals surface area contributed by atoms with Crippen LogP contribution in [0.25, 0.3) is 22.4 Å². The minimum absolute atomic E-state index is 0.117. The Balaban J connectivity index is 2.50. The zero-order valence-corrected chi connectivity index (χ0v) is 16.8. The molecule has 0 saturated heterocycles. The topological polar surface area (TPSA) is 64.2 Å². The second kappa shape index (κ2) is 8.13. The van der Waals surface area contributed by atoms with Gasteiger partial charge in [-0.2, -0.15) is 5.26 Å². The molecule has 1 heterocycles. The predicted octanol–water partition coefficient (Wildman–Crippen LogP) is 4.68. The minimum atomic E-state index is -1.21. The Kier molecular flexibility index (Phi) is 5.76. The Morgan fingerprint density at radius 3 is 2.00 bits per heavy atom. The molecule has 9 heteroatoms. The van der Waals surface area contributed by atoms with Crippen LogP contribution < -0.4 is 15.0 Å². The minimum Gasteiger partial charge on any atom is -0.495 e. The number of hydrogen-bond acceptors (Lipinski definition) is 4. The van der Waals surface area contributed by atoms with Gasteiger partial charge < -0.3 is 14.0 Å². The van der Waals surface area contributed by atoms with E-state index in [4.69, 9.17) is 21.1 Å². The van der Waals surface area contributed by atoms with Gasteiger partial charge in [-0.3, -0.25) is 4.79 Å². The van der Waals surface area contributed by atoms with Crippen LogP contribution in [0.2, 0.25) is 5.02 Å². The molecule has 0 amide bonds. The molecule has 0 atom stereocenters. The van der Waals surface area contributed by atoms with E-state index in [-0.39, 0.29) is 33.3 Å². The zero-order valence-electron chi connectivity index (χ0n) is 16.0. The lowest BCUT2D eigenvalue weighted by atomic mass is 9.96. The summed E-state index contributed by atoms with van der Waals surface area (Å²) in [6.07, 6.45) is 0. The highest BCUT2D eigenvalue weighted by atomic mass is 35.5. The fraction of sp³-hybridized carbons (Fsp3) is 0.143. The van der Waals surface area contributed by atoms with Crippen molar-refractivity contribution in [3.63, 3.8) is 0 Å². The normalized spacial score (nSPS) is 10.6. The van der Waals surface area contributed by atoms with Crippen LogP contribution >= 0.6 is 11.6 Å². The highest BCUT2D eigenvalue weighted by Gasteiger charge is 2.24. The van der Waals surface area contributed by atoms with Gasteiger partial charge in [-0.25, -0.2) is 13.2 Å².